The van der Waals surface area contributed by atoms with Gasteiger partial charge in [-0.1, -0.05) is 11.6 Å². The lowest BCUT2D eigenvalue weighted by Gasteiger charge is -2.06. The second-order valence-corrected chi connectivity index (χ2v) is 7.77. The number of halogens is 1. The molecule has 0 unspecified atom stereocenters. The van der Waals surface area contributed by atoms with E-state index in [2.05, 4.69) is 14.7 Å². The van der Waals surface area contributed by atoms with Crippen LogP contribution in [0, 0.1) is 0 Å². The maximum Gasteiger partial charge on any atom is 0.234 e. The predicted molar refractivity (Wildman–Crippen MR) is 64.2 cm³/mol. The molecular formula is C7H10ClN3O4S2. The van der Waals surface area contributed by atoms with Crippen molar-refractivity contribution in [2.24, 2.45) is 0 Å². The molecule has 0 spiro atoms. The Morgan fingerprint density at radius 1 is 1.24 bits per heavy atom. The molecule has 0 aliphatic rings. The predicted octanol–water partition coefficient (Wildman–Crippen LogP) is -0.0837. The van der Waals surface area contributed by atoms with Gasteiger partial charge in [0.05, 0.1) is 23.9 Å². The largest absolute Gasteiger partial charge is 0.266 e. The normalized spacial score (nSPS) is 12.4. The molecule has 0 aliphatic heterocycles. The fourth-order valence-electron chi connectivity index (χ4n) is 0.863. The molecule has 1 aromatic rings. The molecule has 1 aromatic heterocycles. The van der Waals surface area contributed by atoms with E-state index in [0.29, 0.717) is 0 Å². The SMILES string of the molecule is CS(=O)(=O)CCS(=O)(=O)Nc1cncc(Cl)n1. The van der Waals surface area contributed by atoms with E-state index in [9.17, 15) is 16.8 Å². The van der Waals surface area contributed by atoms with E-state index in [4.69, 9.17) is 11.6 Å². The highest BCUT2D eigenvalue weighted by Crippen LogP contribution is 2.08. The van der Waals surface area contributed by atoms with Crippen molar-refractivity contribution >= 4 is 37.3 Å². The van der Waals surface area contributed by atoms with Gasteiger partial charge in [-0.25, -0.2) is 21.8 Å². The molecule has 0 saturated carbocycles. The van der Waals surface area contributed by atoms with Crippen LogP contribution in [0.5, 0.6) is 0 Å². The van der Waals surface area contributed by atoms with Gasteiger partial charge in [-0.2, -0.15) is 0 Å². The molecule has 1 rings (SSSR count). The van der Waals surface area contributed by atoms with Gasteiger partial charge >= 0.3 is 0 Å². The zero-order chi connectivity index (χ0) is 13.1. The first kappa shape index (κ1) is 14.1. The van der Waals surface area contributed by atoms with Crippen LogP contribution in [-0.2, 0) is 19.9 Å². The van der Waals surface area contributed by atoms with Gasteiger partial charge < -0.3 is 0 Å². The third kappa shape index (κ3) is 5.80. The first-order chi connectivity index (χ1) is 7.68. The van der Waals surface area contributed by atoms with Crippen LogP contribution in [0.3, 0.4) is 0 Å². The third-order valence-electron chi connectivity index (χ3n) is 1.59. The summed E-state index contributed by atoms with van der Waals surface area (Å²) in [7, 11) is -7.11. The zero-order valence-corrected chi connectivity index (χ0v) is 11.2. The average molecular weight is 300 g/mol. The molecule has 0 saturated heterocycles. The van der Waals surface area contributed by atoms with Gasteiger partial charge in [0.25, 0.3) is 0 Å². The zero-order valence-electron chi connectivity index (χ0n) is 8.79. The fourth-order valence-corrected chi connectivity index (χ4v) is 3.62. The van der Waals surface area contributed by atoms with Crippen molar-refractivity contribution in [1.29, 1.82) is 0 Å². The molecule has 96 valence electrons. The number of aromatic nitrogens is 2. The van der Waals surface area contributed by atoms with Crippen LogP contribution < -0.4 is 4.72 Å². The first-order valence-corrected chi connectivity index (χ1v) is 8.43. The quantitative estimate of drug-likeness (QED) is 0.815. The van der Waals surface area contributed by atoms with Gasteiger partial charge in [-0.15, -0.1) is 0 Å². The maximum atomic E-state index is 11.5. The van der Waals surface area contributed by atoms with Crippen molar-refractivity contribution in [3.8, 4) is 0 Å². The van der Waals surface area contributed by atoms with E-state index in [1.165, 1.54) is 12.4 Å². The molecule has 1 heterocycles. The fraction of sp³-hybridized carbons (Fsp3) is 0.429. The summed E-state index contributed by atoms with van der Waals surface area (Å²) >= 11 is 5.52. The monoisotopic (exact) mass is 299 g/mol. The summed E-state index contributed by atoms with van der Waals surface area (Å²) in [6, 6.07) is 0. The van der Waals surface area contributed by atoms with Crippen LogP contribution in [-0.4, -0.2) is 44.6 Å². The second-order valence-electron chi connectivity index (χ2n) is 3.28. The topological polar surface area (TPSA) is 106 Å². The van der Waals surface area contributed by atoms with Crippen molar-refractivity contribution < 1.29 is 16.8 Å². The molecule has 0 amide bonds. The highest BCUT2D eigenvalue weighted by atomic mass is 35.5. The number of sulfonamides is 1. The summed E-state index contributed by atoms with van der Waals surface area (Å²) in [5.41, 5.74) is 0. The lowest BCUT2D eigenvalue weighted by Crippen LogP contribution is -2.23. The standard InChI is InChI=1S/C7H10ClN3O4S2/c1-16(12,13)2-3-17(14,15)11-7-5-9-4-6(8)10-7/h4-5H,2-3H2,1H3,(H,10,11). The lowest BCUT2D eigenvalue weighted by molar-refractivity contribution is 0.593. The van der Waals surface area contributed by atoms with Crippen molar-refractivity contribution in [2.45, 2.75) is 0 Å². The first-order valence-electron chi connectivity index (χ1n) is 4.34. The third-order valence-corrected chi connectivity index (χ3v) is 4.24. The van der Waals surface area contributed by atoms with Crippen molar-refractivity contribution in [1.82, 2.24) is 9.97 Å². The van der Waals surface area contributed by atoms with Crippen LogP contribution in [0.25, 0.3) is 0 Å². The molecule has 0 aliphatic carbocycles. The number of sulfone groups is 1. The number of nitrogens with one attached hydrogen (secondary N) is 1. The van der Waals surface area contributed by atoms with E-state index in [1.807, 2.05) is 0 Å². The number of hydrogen-bond donors (Lipinski definition) is 1. The van der Waals surface area contributed by atoms with E-state index >= 15 is 0 Å². The number of rotatable bonds is 5. The van der Waals surface area contributed by atoms with Gasteiger partial charge in [-0.05, 0) is 0 Å². The van der Waals surface area contributed by atoms with Gasteiger partial charge in [0.15, 0.2) is 5.82 Å². The minimum Gasteiger partial charge on any atom is -0.266 e. The summed E-state index contributed by atoms with van der Waals surface area (Å²) in [6.07, 6.45) is 3.38. The van der Waals surface area contributed by atoms with Crippen LogP contribution in [0.15, 0.2) is 12.4 Å². The van der Waals surface area contributed by atoms with E-state index in [-0.39, 0.29) is 11.0 Å². The minimum absolute atomic E-state index is 0.0355. The molecule has 7 nitrogen and oxygen atoms in total. The van der Waals surface area contributed by atoms with Crippen LogP contribution in [0.1, 0.15) is 0 Å². The Hall–Kier alpha value is -0.930. The maximum absolute atomic E-state index is 11.5. The Labute approximate surface area is 104 Å². The van der Waals surface area contributed by atoms with E-state index in [0.717, 1.165) is 6.26 Å². The highest BCUT2D eigenvalue weighted by Gasteiger charge is 2.15. The number of hydrogen-bond acceptors (Lipinski definition) is 6. The molecule has 0 fully saturated rings. The van der Waals surface area contributed by atoms with Crippen molar-refractivity contribution in [2.75, 3.05) is 22.5 Å². The summed E-state index contributed by atoms with van der Waals surface area (Å²) in [4.78, 5) is 7.30. The molecule has 0 radical (unpaired) electrons. The van der Waals surface area contributed by atoms with Gasteiger partial charge in [0.2, 0.25) is 10.0 Å². The van der Waals surface area contributed by atoms with Crippen LogP contribution in [0.4, 0.5) is 5.82 Å². The number of nitrogens with zero attached hydrogens (tertiary/aromatic N) is 2. The Kier molecular flexibility index (Phi) is 4.28. The summed E-state index contributed by atoms with van der Waals surface area (Å²) in [5.74, 6) is -1.05. The molecule has 17 heavy (non-hydrogen) atoms. The summed E-state index contributed by atoms with van der Waals surface area (Å²) < 4.78 is 46.7. The Balaban J connectivity index is 2.74. The smallest absolute Gasteiger partial charge is 0.234 e. The van der Waals surface area contributed by atoms with Gasteiger partial charge in [-0.3, -0.25) is 9.71 Å². The summed E-state index contributed by atoms with van der Waals surface area (Å²) in [5, 5.41) is 0.0355. The molecule has 0 bridgehead atoms. The van der Waals surface area contributed by atoms with Crippen LogP contribution in [0.2, 0.25) is 5.15 Å². The van der Waals surface area contributed by atoms with Gasteiger partial charge in [0.1, 0.15) is 15.0 Å². The molecule has 10 heteroatoms. The summed E-state index contributed by atoms with van der Waals surface area (Å²) in [6.45, 7) is 0. The Bertz CT molecular complexity index is 599. The molecule has 0 aromatic carbocycles. The lowest BCUT2D eigenvalue weighted by atomic mass is 10.7. The van der Waals surface area contributed by atoms with E-state index in [1.54, 1.807) is 0 Å². The molecule has 0 atom stereocenters. The molecule has 1 N–H and O–H groups in total. The molecular weight excluding hydrogens is 290 g/mol. The van der Waals surface area contributed by atoms with Crippen molar-refractivity contribution in [3.05, 3.63) is 17.5 Å². The van der Waals surface area contributed by atoms with Gasteiger partial charge in [0, 0.05) is 6.26 Å². The minimum atomic E-state index is -3.77. The van der Waals surface area contributed by atoms with E-state index < -0.39 is 31.4 Å². The Morgan fingerprint density at radius 2 is 1.88 bits per heavy atom. The second kappa shape index (κ2) is 5.15. The van der Waals surface area contributed by atoms with Crippen molar-refractivity contribution in [3.63, 3.8) is 0 Å². The number of anilines is 1. The highest BCUT2D eigenvalue weighted by molar-refractivity contribution is 7.95. The van der Waals surface area contributed by atoms with Crippen LogP contribution >= 0.6 is 11.6 Å². The average Bonchev–Trinajstić information content (AvgIpc) is 2.13. The Morgan fingerprint density at radius 3 is 2.41 bits per heavy atom.